The molecule has 0 aliphatic heterocycles. The van der Waals surface area contributed by atoms with Crippen molar-refractivity contribution in [3.05, 3.63) is 95.7 Å². The molecule has 0 saturated heterocycles. The predicted molar refractivity (Wildman–Crippen MR) is 141 cm³/mol. The zero-order valence-electron chi connectivity index (χ0n) is 20.5. The molecule has 5 heteroatoms. The number of aromatic nitrogens is 1. The third kappa shape index (κ3) is 5.62. The van der Waals surface area contributed by atoms with Crippen LogP contribution in [0.2, 0.25) is 0 Å². The summed E-state index contributed by atoms with van der Waals surface area (Å²) in [7, 11) is 0. The second-order valence-corrected chi connectivity index (χ2v) is 9.93. The molecule has 0 atom stereocenters. The Bertz CT molecular complexity index is 1330. The number of hydrogen-bond acceptors (Lipinski definition) is 2. The maximum Gasteiger partial charge on any atom is 0.335 e. The fourth-order valence-corrected chi connectivity index (χ4v) is 4.29. The van der Waals surface area contributed by atoms with E-state index in [1.807, 2.05) is 48.5 Å². The molecule has 1 aromatic heterocycles. The number of carbonyl (C=O) groups is 2. The number of aryl methyl sites for hydroxylation is 1. The van der Waals surface area contributed by atoms with E-state index in [1.54, 1.807) is 12.1 Å². The number of nitrogens with zero attached hydrogens (tertiary/aromatic N) is 1. The molecule has 1 amide bonds. The lowest BCUT2D eigenvalue weighted by atomic mass is 9.87. The SMILES string of the molecule is CC(C)(C)c1ccc(C(=O)NCCCCn2cc(-c3ccccc3)c3ccc(C(=O)O)cc32)cc1. The molecule has 0 spiro atoms. The average molecular weight is 469 g/mol. The van der Waals surface area contributed by atoms with Crippen molar-refractivity contribution in [2.24, 2.45) is 0 Å². The summed E-state index contributed by atoms with van der Waals surface area (Å²) >= 11 is 0. The maximum absolute atomic E-state index is 12.5. The summed E-state index contributed by atoms with van der Waals surface area (Å²) in [6.45, 7) is 7.79. The summed E-state index contributed by atoms with van der Waals surface area (Å²) in [6.07, 6.45) is 3.78. The zero-order valence-corrected chi connectivity index (χ0v) is 20.5. The summed E-state index contributed by atoms with van der Waals surface area (Å²) < 4.78 is 2.12. The quantitative estimate of drug-likeness (QED) is 0.289. The largest absolute Gasteiger partial charge is 0.478 e. The Morgan fingerprint density at radius 1 is 0.886 bits per heavy atom. The number of benzene rings is 3. The number of fused-ring (bicyclic) bond motifs is 1. The van der Waals surface area contributed by atoms with E-state index < -0.39 is 5.97 Å². The van der Waals surface area contributed by atoms with E-state index >= 15 is 0 Å². The van der Waals surface area contributed by atoms with Crippen molar-refractivity contribution in [2.75, 3.05) is 6.54 Å². The molecule has 0 aliphatic rings. The van der Waals surface area contributed by atoms with Crippen LogP contribution in [0.5, 0.6) is 0 Å². The van der Waals surface area contributed by atoms with Gasteiger partial charge in [0.15, 0.2) is 0 Å². The Balaban J connectivity index is 1.40. The van der Waals surface area contributed by atoms with Gasteiger partial charge in [-0.15, -0.1) is 0 Å². The molecule has 1 heterocycles. The van der Waals surface area contributed by atoms with Gasteiger partial charge in [0, 0.05) is 41.3 Å². The van der Waals surface area contributed by atoms with Crippen molar-refractivity contribution in [1.29, 1.82) is 0 Å². The van der Waals surface area contributed by atoms with Crippen molar-refractivity contribution >= 4 is 22.8 Å². The minimum Gasteiger partial charge on any atom is -0.478 e. The first kappa shape index (κ1) is 24.3. The van der Waals surface area contributed by atoms with Crippen LogP contribution in [-0.2, 0) is 12.0 Å². The minimum absolute atomic E-state index is 0.0588. The molecular formula is C30H32N2O3. The fraction of sp³-hybridized carbons (Fsp3) is 0.267. The number of aromatic carboxylic acids is 1. The number of rotatable bonds is 8. The number of carboxylic acid groups (broad SMARTS) is 1. The molecule has 4 rings (SSSR count). The maximum atomic E-state index is 12.5. The molecule has 35 heavy (non-hydrogen) atoms. The normalized spacial score (nSPS) is 11.5. The van der Waals surface area contributed by atoms with Gasteiger partial charge in [-0.1, -0.05) is 69.3 Å². The van der Waals surface area contributed by atoms with E-state index in [2.05, 4.69) is 49.0 Å². The number of nitrogens with one attached hydrogen (secondary N) is 1. The highest BCUT2D eigenvalue weighted by Gasteiger charge is 2.15. The molecule has 0 bridgehead atoms. The van der Waals surface area contributed by atoms with Gasteiger partial charge >= 0.3 is 5.97 Å². The Labute approximate surface area is 206 Å². The highest BCUT2D eigenvalue weighted by molar-refractivity contribution is 6.00. The van der Waals surface area contributed by atoms with E-state index in [0.29, 0.717) is 12.1 Å². The second-order valence-electron chi connectivity index (χ2n) is 9.93. The van der Waals surface area contributed by atoms with Crippen LogP contribution < -0.4 is 5.32 Å². The standard InChI is InChI=1S/C30H32N2O3/c1-30(2,3)24-14-11-22(12-15-24)28(33)31-17-7-8-18-32-20-26(21-9-5-4-6-10-21)25-16-13-23(29(34)35)19-27(25)32/h4-6,9-16,19-20H,7-8,17-18H2,1-3H3,(H,31,33)(H,34,35). The lowest BCUT2D eigenvalue weighted by Crippen LogP contribution is -2.24. The topological polar surface area (TPSA) is 71.3 Å². The monoisotopic (exact) mass is 468 g/mol. The van der Waals surface area contributed by atoms with Crippen LogP contribution in [0.15, 0.2) is 79.0 Å². The number of amides is 1. The molecular weight excluding hydrogens is 436 g/mol. The van der Waals surface area contributed by atoms with Crippen LogP contribution >= 0.6 is 0 Å². The lowest BCUT2D eigenvalue weighted by Gasteiger charge is -2.19. The van der Waals surface area contributed by atoms with Crippen molar-refractivity contribution in [3.8, 4) is 11.1 Å². The third-order valence-corrected chi connectivity index (χ3v) is 6.34. The molecule has 0 saturated carbocycles. The van der Waals surface area contributed by atoms with Gasteiger partial charge in [0.25, 0.3) is 5.91 Å². The van der Waals surface area contributed by atoms with E-state index in [9.17, 15) is 14.7 Å². The van der Waals surface area contributed by atoms with Crippen molar-refractivity contribution in [3.63, 3.8) is 0 Å². The molecule has 3 aromatic carbocycles. The smallest absolute Gasteiger partial charge is 0.335 e. The third-order valence-electron chi connectivity index (χ3n) is 6.34. The Morgan fingerprint density at radius 3 is 2.23 bits per heavy atom. The summed E-state index contributed by atoms with van der Waals surface area (Å²) in [4.78, 5) is 24.0. The molecule has 0 unspecified atom stereocenters. The van der Waals surface area contributed by atoms with Crippen LogP contribution in [0.3, 0.4) is 0 Å². The molecule has 5 nitrogen and oxygen atoms in total. The van der Waals surface area contributed by atoms with Crippen molar-refractivity contribution < 1.29 is 14.7 Å². The predicted octanol–water partition coefficient (Wildman–Crippen LogP) is 6.51. The van der Waals surface area contributed by atoms with Crippen LogP contribution in [0.1, 0.15) is 59.9 Å². The van der Waals surface area contributed by atoms with Gasteiger partial charge in [0.1, 0.15) is 0 Å². The van der Waals surface area contributed by atoms with Crippen LogP contribution in [0.4, 0.5) is 0 Å². The summed E-state index contributed by atoms with van der Waals surface area (Å²) in [5, 5.41) is 13.5. The second kappa shape index (κ2) is 10.2. The molecule has 4 aromatic rings. The molecule has 2 N–H and O–H groups in total. The fourth-order valence-electron chi connectivity index (χ4n) is 4.29. The number of hydrogen-bond donors (Lipinski definition) is 2. The van der Waals surface area contributed by atoms with E-state index in [-0.39, 0.29) is 16.9 Å². The summed E-state index contributed by atoms with van der Waals surface area (Å²) in [5.41, 5.74) is 5.31. The van der Waals surface area contributed by atoms with Gasteiger partial charge in [0.2, 0.25) is 0 Å². The van der Waals surface area contributed by atoms with Gasteiger partial charge in [0.05, 0.1) is 5.56 Å². The molecule has 0 radical (unpaired) electrons. The number of carboxylic acids is 1. The molecule has 0 aliphatic carbocycles. The van der Waals surface area contributed by atoms with Crippen LogP contribution in [0.25, 0.3) is 22.0 Å². The summed E-state index contributed by atoms with van der Waals surface area (Å²) in [6, 6.07) is 23.2. The van der Waals surface area contributed by atoms with Crippen LogP contribution in [0, 0.1) is 0 Å². The number of unbranched alkanes of at least 4 members (excludes halogenated alkanes) is 1. The lowest BCUT2D eigenvalue weighted by molar-refractivity contribution is 0.0696. The molecule has 0 fully saturated rings. The van der Waals surface area contributed by atoms with Crippen molar-refractivity contribution in [1.82, 2.24) is 9.88 Å². The Morgan fingerprint density at radius 2 is 1.57 bits per heavy atom. The van der Waals surface area contributed by atoms with E-state index in [1.165, 1.54) is 5.56 Å². The highest BCUT2D eigenvalue weighted by Crippen LogP contribution is 2.31. The van der Waals surface area contributed by atoms with Gasteiger partial charge < -0.3 is 15.0 Å². The van der Waals surface area contributed by atoms with Gasteiger partial charge in [-0.05, 0) is 53.6 Å². The van der Waals surface area contributed by atoms with E-state index in [0.717, 1.165) is 41.4 Å². The van der Waals surface area contributed by atoms with Crippen molar-refractivity contribution in [2.45, 2.75) is 45.6 Å². The first-order chi connectivity index (χ1) is 16.7. The molecule has 180 valence electrons. The summed E-state index contributed by atoms with van der Waals surface area (Å²) in [5.74, 6) is -0.992. The van der Waals surface area contributed by atoms with Gasteiger partial charge in [-0.25, -0.2) is 4.79 Å². The van der Waals surface area contributed by atoms with Gasteiger partial charge in [-0.3, -0.25) is 4.79 Å². The minimum atomic E-state index is -0.931. The Hall–Kier alpha value is -3.86. The first-order valence-corrected chi connectivity index (χ1v) is 12.0. The Kier molecular flexibility index (Phi) is 7.06. The average Bonchev–Trinajstić information content (AvgIpc) is 3.21. The zero-order chi connectivity index (χ0) is 25.0. The van der Waals surface area contributed by atoms with E-state index in [4.69, 9.17) is 0 Å². The van der Waals surface area contributed by atoms with Gasteiger partial charge in [-0.2, -0.15) is 0 Å². The van der Waals surface area contributed by atoms with Crippen LogP contribution in [-0.4, -0.2) is 28.1 Å². The number of carbonyl (C=O) groups excluding carboxylic acids is 1. The first-order valence-electron chi connectivity index (χ1n) is 12.0. The highest BCUT2D eigenvalue weighted by atomic mass is 16.4.